The number of hydrogen-bond donors (Lipinski definition) is 1. The van der Waals surface area contributed by atoms with E-state index in [-0.39, 0.29) is 24.1 Å². The average molecular weight is 492 g/mol. The van der Waals surface area contributed by atoms with Gasteiger partial charge in [-0.25, -0.2) is 0 Å². The lowest BCUT2D eigenvalue weighted by molar-refractivity contribution is -0.127. The first-order valence-corrected chi connectivity index (χ1v) is 10.2. The summed E-state index contributed by atoms with van der Waals surface area (Å²) < 4.78 is 6.71. The van der Waals surface area contributed by atoms with E-state index in [4.69, 9.17) is 4.74 Å². The van der Waals surface area contributed by atoms with Crippen molar-refractivity contribution in [1.82, 2.24) is 0 Å². The summed E-state index contributed by atoms with van der Waals surface area (Å²) in [4.78, 5) is 38.8. The van der Waals surface area contributed by atoms with Crippen molar-refractivity contribution < 1.29 is 19.1 Å². The standard InChI is InChI=1S/C21H21IN2O4/c1-3-4-18(25)14-5-10-19-17(11-14)24(21(27)13(2)28-19)12-20(26)23-16-8-6-15(22)7-9-16/h5-11,13H,3-4,12H2,1-2H3,(H,23,26). The Kier molecular flexibility index (Phi) is 6.33. The van der Waals surface area contributed by atoms with Crippen LogP contribution in [0.15, 0.2) is 42.5 Å². The molecular weight excluding hydrogens is 471 g/mol. The highest BCUT2D eigenvalue weighted by Crippen LogP contribution is 2.35. The molecule has 1 heterocycles. The highest BCUT2D eigenvalue weighted by Gasteiger charge is 2.33. The van der Waals surface area contributed by atoms with E-state index in [0.717, 1.165) is 9.99 Å². The van der Waals surface area contributed by atoms with Gasteiger partial charge < -0.3 is 10.1 Å². The van der Waals surface area contributed by atoms with Gasteiger partial charge in [0.25, 0.3) is 5.91 Å². The third-order valence-electron chi connectivity index (χ3n) is 4.40. The number of nitrogens with zero attached hydrogens (tertiary/aromatic N) is 1. The first kappa shape index (κ1) is 20.3. The molecule has 2 amide bonds. The molecule has 3 rings (SSSR count). The van der Waals surface area contributed by atoms with Gasteiger partial charge in [0, 0.05) is 21.2 Å². The minimum Gasteiger partial charge on any atom is -0.479 e. The summed E-state index contributed by atoms with van der Waals surface area (Å²) in [5.74, 6) is -0.146. The van der Waals surface area contributed by atoms with Gasteiger partial charge in [-0.2, -0.15) is 0 Å². The Morgan fingerprint density at radius 1 is 1.18 bits per heavy atom. The average Bonchev–Trinajstić information content (AvgIpc) is 2.67. The number of nitrogens with one attached hydrogen (secondary N) is 1. The van der Waals surface area contributed by atoms with Crippen LogP contribution < -0.4 is 15.0 Å². The largest absolute Gasteiger partial charge is 0.479 e. The van der Waals surface area contributed by atoms with Crippen LogP contribution >= 0.6 is 22.6 Å². The van der Waals surface area contributed by atoms with E-state index >= 15 is 0 Å². The SMILES string of the molecule is CCCC(=O)c1ccc2c(c1)N(CC(=O)Nc1ccc(I)cc1)C(=O)C(C)O2. The van der Waals surface area contributed by atoms with E-state index in [1.54, 1.807) is 37.3 Å². The molecule has 0 aliphatic carbocycles. The van der Waals surface area contributed by atoms with Crippen LogP contribution in [-0.4, -0.2) is 30.2 Å². The minimum absolute atomic E-state index is 0.000314. The van der Waals surface area contributed by atoms with Crippen molar-refractivity contribution in [3.05, 3.63) is 51.6 Å². The number of anilines is 2. The van der Waals surface area contributed by atoms with E-state index < -0.39 is 6.10 Å². The molecule has 1 aliphatic rings. The maximum Gasteiger partial charge on any atom is 0.268 e. The van der Waals surface area contributed by atoms with Gasteiger partial charge in [0.2, 0.25) is 5.91 Å². The van der Waals surface area contributed by atoms with Crippen LogP contribution in [0.5, 0.6) is 5.75 Å². The van der Waals surface area contributed by atoms with E-state index in [2.05, 4.69) is 27.9 Å². The molecule has 0 spiro atoms. The zero-order chi connectivity index (χ0) is 20.3. The molecule has 2 aromatic rings. The number of carbonyl (C=O) groups excluding carboxylic acids is 3. The topological polar surface area (TPSA) is 75.7 Å². The number of carbonyl (C=O) groups is 3. The van der Waals surface area contributed by atoms with Gasteiger partial charge in [-0.15, -0.1) is 0 Å². The maximum absolute atomic E-state index is 12.7. The molecule has 146 valence electrons. The van der Waals surface area contributed by atoms with Gasteiger partial charge in [0.05, 0.1) is 5.69 Å². The normalized spacial score (nSPS) is 15.6. The van der Waals surface area contributed by atoms with Crippen LogP contribution in [0.4, 0.5) is 11.4 Å². The van der Waals surface area contributed by atoms with Crippen LogP contribution in [0.2, 0.25) is 0 Å². The van der Waals surface area contributed by atoms with Crippen molar-refractivity contribution >= 4 is 51.6 Å². The molecule has 0 saturated heterocycles. The van der Waals surface area contributed by atoms with Gasteiger partial charge in [-0.05, 0) is 78.4 Å². The van der Waals surface area contributed by atoms with Crippen LogP contribution in [0.3, 0.4) is 0 Å². The number of fused-ring (bicyclic) bond motifs is 1. The second kappa shape index (κ2) is 8.72. The number of benzene rings is 2. The highest BCUT2D eigenvalue weighted by molar-refractivity contribution is 14.1. The molecule has 0 radical (unpaired) electrons. The Balaban J connectivity index is 1.84. The second-order valence-corrected chi connectivity index (χ2v) is 7.84. The molecule has 0 saturated carbocycles. The summed E-state index contributed by atoms with van der Waals surface area (Å²) >= 11 is 2.19. The monoisotopic (exact) mass is 492 g/mol. The second-order valence-electron chi connectivity index (χ2n) is 6.60. The van der Waals surface area contributed by atoms with E-state index in [0.29, 0.717) is 29.1 Å². The number of amides is 2. The quantitative estimate of drug-likeness (QED) is 0.488. The predicted molar refractivity (Wildman–Crippen MR) is 116 cm³/mol. The van der Waals surface area contributed by atoms with Crippen molar-refractivity contribution in [2.75, 3.05) is 16.8 Å². The zero-order valence-corrected chi connectivity index (χ0v) is 17.9. The van der Waals surface area contributed by atoms with Gasteiger partial charge in [-0.3, -0.25) is 19.3 Å². The summed E-state index contributed by atoms with van der Waals surface area (Å²) in [5.41, 5.74) is 1.61. The van der Waals surface area contributed by atoms with E-state index in [1.165, 1.54) is 4.90 Å². The summed E-state index contributed by atoms with van der Waals surface area (Å²) in [6.45, 7) is 3.42. The number of halogens is 1. The molecule has 0 aromatic heterocycles. The third-order valence-corrected chi connectivity index (χ3v) is 5.12. The summed E-state index contributed by atoms with van der Waals surface area (Å²) in [6, 6.07) is 12.4. The van der Waals surface area contributed by atoms with Gasteiger partial charge in [0.15, 0.2) is 11.9 Å². The Labute approximate surface area is 177 Å². The van der Waals surface area contributed by atoms with E-state index in [1.807, 2.05) is 19.1 Å². The Bertz CT molecular complexity index is 911. The smallest absolute Gasteiger partial charge is 0.268 e. The molecule has 2 aromatic carbocycles. The van der Waals surface area contributed by atoms with Crippen LogP contribution in [-0.2, 0) is 9.59 Å². The molecule has 1 N–H and O–H groups in total. The lowest BCUT2D eigenvalue weighted by Crippen LogP contribution is -2.47. The number of rotatable bonds is 6. The van der Waals surface area contributed by atoms with Crippen LogP contribution in [0.25, 0.3) is 0 Å². The maximum atomic E-state index is 12.7. The molecular formula is C21H21IN2O4. The Hall–Kier alpha value is -2.42. The lowest BCUT2D eigenvalue weighted by Gasteiger charge is -2.32. The molecule has 7 heteroatoms. The fourth-order valence-electron chi connectivity index (χ4n) is 2.99. The van der Waals surface area contributed by atoms with Crippen LogP contribution in [0, 0.1) is 3.57 Å². The molecule has 0 fully saturated rings. The summed E-state index contributed by atoms with van der Waals surface area (Å²) in [5, 5.41) is 2.80. The lowest BCUT2D eigenvalue weighted by atomic mass is 10.0. The Morgan fingerprint density at radius 2 is 1.89 bits per heavy atom. The van der Waals surface area contributed by atoms with Crippen molar-refractivity contribution in [2.45, 2.75) is 32.8 Å². The predicted octanol–water partition coefficient (Wildman–Crippen LogP) is 4.03. The van der Waals surface area contributed by atoms with Gasteiger partial charge in [0.1, 0.15) is 12.3 Å². The molecule has 1 aliphatic heterocycles. The minimum atomic E-state index is -0.698. The molecule has 28 heavy (non-hydrogen) atoms. The molecule has 1 unspecified atom stereocenters. The zero-order valence-electron chi connectivity index (χ0n) is 15.7. The number of Topliss-reactive ketones (excluding diaryl/α,β-unsaturated/α-hetero) is 1. The summed E-state index contributed by atoms with van der Waals surface area (Å²) in [7, 11) is 0. The van der Waals surface area contributed by atoms with Gasteiger partial charge in [-0.1, -0.05) is 6.92 Å². The van der Waals surface area contributed by atoms with Crippen molar-refractivity contribution in [3.8, 4) is 5.75 Å². The molecule has 6 nitrogen and oxygen atoms in total. The fraction of sp³-hybridized carbons (Fsp3) is 0.286. The number of ketones is 1. The van der Waals surface area contributed by atoms with Crippen molar-refractivity contribution in [1.29, 1.82) is 0 Å². The number of ether oxygens (including phenoxy) is 1. The first-order valence-electron chi connectivity index (χ1n) is 9.09. The molecule has 0 bridgehead atoms. The van der Waals surface area contributed by atoms with Crippen molar-refractivity contribution in [2.24, 2.45) is 0 Å². The highest BCUT2D eigenvalue weighted by atomic mass is 127. The van der Waals surface area contributed by atoms with E-state index in [9.17, 15) is 14.4 Å². The van der Waals surface area contributed by atoms with Crippen LogP contribution in [0.1, 0.15) is 37.0 Å². The first-order chi connectivity index (χ1) is 13.4. The third kappa shape index (κ3) is 4.52. The van der Waals surface area contributed by atoms with Crippen molar-refractivity contribution in [3.63, 3.8) is 0 Å². The number of hydrogen-bond acceptors (Lipinski definition) is 4. The van der Waals surface area contributed by atoms with Gasteiger partial charge >= 0.3 is 0 Å². The Morgan fingerprint density at radius 3 is 2.57 bits per heavy atom. The summed E-state index contributed by atoms with van der Waals surface area (Å²) in [6.07, 6.45) is 0.470. The molecule has 1 atom stereocenters. The fourth-order valence-corrected chi connectivity index (χ4v) is 3.35.